The van der Waals surface area contributed by atoms with Crippen molar-refractivity contribution in [3.8, 4) is 0 Å². The lowest BCUT2D eigenvalue weighted by Gasteiger charge is -2.35. The normalized spacial score (nSPS) is 20.4. The molecule has 1 fully saturated rings. The van der Waals surface area contributed by atoms with Crippen molar-refractivity contribution in [2.45, 2.75) is 31.8 Å². The quantitative estimate of drug-likeness (QED) is 0.408. The van der Waals surface area contributed by atoms with Crippen LogP contribution in [0.4, 0.5) is 0 Å². The van der Waals surface area contributed by atoms with Crippen molar-refractivity contribution in [3.63, 3.8) is 0 Å². The lowest BCUT2D eigenvalue weighted by atomic mass is 9.97. The second kappa shape index (κ2) is 7.81. The van der Waals surface area contributed by atoms with E-state index in [0.717, 1.165) is 43.5 Å². The number of halogens is 1. The first-order chi connectivity index (χ1) is 7.33. The zero-order valence-corrected chi connectivity index (χ0v) is 11.6. The van der Waals surface area contributed by atoms with E-state index >= 15 is 0 Å². The smallest absolute Gasteiger partial charge is 0.0816 e. The lowest BCUT2D eigenvalue weighted by Crippen LogP contribution is -2.41. The van der Waals surface area contributed by atoms with Crippen molar-refractivity contribution in [2.24, 2.45) is 0 Å². The summed E-state index contributed by atoms with van der Waals surface area (Å²) >= 11 is 2.41. The highest BCUT2D eigenvalue weighted by atomic mass is 127. The third-order valence-electron chi connectivity index (χ3n) is 2.63. The van der Waals surface area contributed by atoms with E-state index in [4.69, 9.17) is 14.2 Å². The topological polar surface area (TPSA) is 27.7 Å². The minimum Gasteiger partial charge on any atom is -0.381 e. The fourth-order valence-corrected chi connectivity index (χ4v) is 2.61. The molecule has 0 spiro atoms. The van der Waals surface area contributed by atoms with E-state index in [1.807, 2.05) is 0 Å². The molecule has 0 aliphatic carbocycles. The molecule has 3 nitrogen and oxygen atoms in total. The summed E-state index contributed by atoms with van der Waals surface area (Å²) in [4.78, 5) is 0. The van der Waals surface area contributed by atoms with E-state index in [9.17, 15) is 0 Å². The summed E-state index contributed by atoms with van der Waals surface area (Å²) in [6.45, 7) is 6.04. The molecule has 15 heavy (non-hydrogen) atoms. The SMILES string of the molecule is CCCOCCOC1(CI)CCOCC1. The van der Waals surface area contributed by atoms with Crippen LogP contribution >= 0.6 is 22.6 Å². The number of hydrogen-bond donors (Lipinski definition) is 0. The Morgan fingerprint density at radius 1 is 1.20 bits per heavy atom. The van der Waals surface area contributed by atoms with Gasteiger partial charge in [-0.2, -0.15) is 0 Å². The van der Waals surface area contributed by atoms with Crippen LogP contribution in [0.15, 0.2) is 0 Å². The summed E-state index contributed by atoms with van der Waals surface area (Å²) in [6.07, 6.45) is 3.11. The number of alkyl halides is 1. The molecule has 0 unspecified atom stereocenters. The van der Waals surface area contributed by atoms with Crippen LogP contribution in [0.2, 0.25) is 0 Å². The molecule has 0 radical (unpaired) electrons. The summed E-state index contributed by atoms with van der Waals surface area (Å²) < 4.78 is 17.8. The monoisotopic (exact) mass is 328 g/mol. The van der Waals surface area contributed by atoms with Crippen LogP contribution in [0.5, 0.6) is 0 Å². The first-order valence-electron chi connectivity index (χ1n) is 5.68. The van der Waals surface area contributed by atoms with Gasteiger partial charge >= 0.3 is 0 Å². The molecule has 1 saturated heterocycles. The Labute approximate surface area is 106 Å². The van der Waals surface area contributed by atoms with E-state index in [1.54, 1.807) is 0 Å². The van der Waals surface area contributed by atoms with Gasteiger partial charge in [0, 0.05) is 37.1 Å². The predicted octanol–water partition coefficient (Wildman–Crippen LogP) is 2.41. The summed E-state index contributed by atoms with van der Waals surface area (Å²) in [5, 5.41) is 0. The third-order valence-corrected chi connectivity index (χ3v) is 4.02. The van der Waals surface area contributed by atoms with Gasteiger partial charge in [0.1, 0.15) is 0 Å². The van der Waals surface area contributed by atoms with Gasteiger partial charge in [0.25, 0.3) is 0 Å². The van der Waals surface area contributed by atoms with Crippen LogP contribution in [-0.2, 0) is 14.2 Å². The minimum absolute atomic E-state index is 0.0500. The Hall–Kier alpha value is 0.610. The fourth-order valence-electron chi connectivity index (χ4n) is 1.62. The van der Waals surface area contributed by atoms with Crippen molar-refractivity contribution in [3.05, 3.63) is 0 Å². The molecular weight excluding hydrogens is 307 g/mol. The maximum atomic E-state index is 5.95. The molecule has 90 valence electrons. The summed E-state index contributed by atoms with van der Waals surface area (Å²) in [5.41, 5.74) is 0.0500. The van der Waals surface area contributed by atoms with Gasteiger partial charge in [-0.15, -0.1) is 0 Å². The van der Waals surface area contributed by atoms with E-state index in [2.05, 4.69) is 29.5 Å². The minimum atomic E-state index is 0.0500. The molecule has 0 amide bonds. The van der Waals surface area contributed by atoms with Crippen LogP contribution in [-0.4, -0.2) is 43.1 Å². The summed E-state index contributed by atoms with van der Waals surface area (Å²) in [6, 6.07) is 0. The molecule has 0 atom stereocenters. The average molecular weight is 328 g/mol. The van der Waals surface area contributed by atoms with E-state index < -0.39 is 0 Å². The molecule has 1 aliphatic heterocycles. The van der Waals surface area contributed by atoms with Gasteiger partial charge in [0.05, 0.1) is 18.8 Å². The Bertz CT molecular complexity index is 158. The van der Waals surface area contributed by atoms with Crippen LogP contribution in [0.25, 0.3) is 0 Å². The largest absolute Gasteiger partial charge is 0.381 e. The van der Waals surface area contributed by atoms with Crippen molar-refractivity contribution in [2.75, 3.05) is 37.5 Å². The predicted molar refractivity (Wildman–Crippen MR) is 68.7 cm³/mol. The van der Waals surface area contributed by atoms with E-state index in [-0.39, 0.29) is 5.60 Å². The summed E-state index contributed by atoms with van der Waals surface area (Å²) in [5.74, 6) is 0. The molecule has 0 N–H and O–H groups in total. The van der Waals surface area contributed by atoms with Gasteiger partial charge in [0.2, 0.25) is 0 Å². The zero-order chi connectivity index (χ0) is 11.0. The Morgan fingerprint density at radius 2 is 1.93 bits per heavy atom. The molecule has 0 aromatic heterocycles. The van der Waals surface area contributed by atoms with Gasteiger partial charge in [-0.3, -0.25) is 0 Å². The van der Waals surface area contributed by atoms with Crippen LogP contribution in [0.3, 0.4) is 0 Å². The number of hydrogen-bond acceptors (Lipinski definition) is 3. The van der Waals surface area contributed by atoms with Crippen molar-refractivity contribution in [1.29, 1.82) is 0 Å². The highest BCUT2D eigenvalue weighted by molar-refractivity contribution is 14.1. The van der Waals surface area contributed by atoms with Crippen LogP contribution in [0.1, 0.15) is 26.2 Å². The average Bonchev–Trinajstić information content (AvgIpc) is 2.30. The molecule has 4 heteroatoms. The van der Waals surface area contributed by atoms with Crippen LogP contribution in [0, 0.1) is 0 Å². The third kappa shape index (κ3) is 4.97. The zero-order valence-electron chi connectivity index (χ0n) is 9.47. The maximum Gasteiger partial charge on any atom is 0.0816 e. The molecule has 0 saturated carbocycles. The first-order valence-corrected chi connectivity index (χ1v) is 7.21. The lowest BCUT2D eigenvalue weighted by molar-refractivity contribution is -0.106. The molecule has 1 heterocycles. The standard InChI is InChI=1S/C11H21IO3/c1-2-5-13-8-9-15-11(10-12)3-6-14-7-4-11/h2-10H2,1H3. The Kier molecular flexibility index (Phi) is 7.12. The molecular formula is C11H21IO3. The molecule has 0 aromatic carbocycles. The van der Waals surface area contributed by atoms with Gasteiger partial charge in [0.15, 0.2) is 0 Å². The van der Waals surface area contributed by atoms with Crippen LogP contribution < -0.4 is 0 Å². The van der Waals surface area contributed by atoms with Gasteiger partial charge < -0.3 is 14.2 Å². The second-order valence-corrected chi connectivity index (χ2v) is 4.65. The molecule has 1 rings (SSSR count). The first kappa shape index (κ1) is 13.7. The Balaban J connectivity index is 2.15. The molecule has 0 aromatic rings. The van der Waals surface area contributed by atoms with E-state index in [1.165, 1.54) is 0 Å². The highest BCUT2D eigenvalue weighted by Crippen LogP contribution is 2.27. The van der Waals surface area contributed by atoms with E-state index in [0.29, 0.717) is 13.2 Å². The van der Waals surface area contributed by atoms with Gasteiger partial charge in [-0.1, -0.05) is 29.5 Å². The second-order valence-electron chi connectivity index (χ2n) is 3.89. The van der Waals surface area contributed by atoms with Crippen molar-refractivity contribution >= 4 is 22.6 Å². The van der Waals surface area contributed by atoms with Gasteiger partial charge in [-0.25, -0.2) is 0 Å². The van der Waals surface area contributed by atoms with Crippen molar-refractivity contribution < 1.29 is 14.2 Å². The number of ether oxygens (including phenoxy) is 3. The van der Waals surface area contributed by atoms with Crippen molar-refractivity contribution in [1.82, 2.24) is 0 Å². The Morgan fingerprint density at radius 3 is 2.53 bits per heavy atom. The number of rotatable bonds is 7. The molecule has 1 aliphatic rings. The highest BCUT2D eigenvalue weighted by Gasteiger charge is 2.32. The fraction of sp³-hybridized carbons (Fsp3) is 1.00. The summed E-state index contributed by atoms with van der Waals surface area (Å²) in [7, 11) is 0. The van der Waals surface area contributed by atoms with Gasteiger partial charge in [-0.05, 0) is 6.42 Å². The molecule has 0 bridgehead atoms. The maximum absolute atomic E-state index is 5.95.